The number of rotatable bonds is 6. The summed E-state index contributed by atoms with van der Waals surface area (Å²) >= 11 is 5.30. The highest BCUT2D eigenvalue weighted by Crippen LogP contribution is 2.43. The standard InChI is InChI=1S/C25H31N3S/c1-26(2)22-13-7-19(8-14-22)25(29,20-9-15-23(16-10-20)27(3)4)21-11-17-24(18-12-21)28(5)6/h7-18,29H,1-6H3. The average molecular weight is 406 g/mol. The molecule has 0 aliphatic carbocycles. The third-order valence-electron chi connectivity index (χ3n) is 5.40. The molecule has 3 rings (SSSR count). The smallest absolute Gasteiger partial charge is 0.0878 e. The van der Waals surface area contributed by atoms with E-state index < -0.39 is 4.75 Å². The predicted octanol–water partition coefficient (Wildman–Crippen LogP) is 5.11. The monoisotopic (exact) mass is 405 g/mol. The summed E-state index contributed by atoms with van der Waals surface area (Å²) in [6, 6.07) is 26.0. The number of benzene rings is 3. The minimum atomic E-state index is -0.541. The molecule has 0 bridgehead atoms. The molecule has 0 aliphatic heterocycles. The Kier molecular flexibility index (Phi) is 6.13. The van der Waals surface area contributed by atoms with E-state index in [1.165, 1.54) is 17.1 Å². The Balaban J connectivity index is 2.14. The van der Waals surface area contributed by atoms with Crippen molar-refractivity contribution in [2.45, 2.75) is 4.75 Å². The lowest BCUT2D eigenvalue weighted by molar-refractivity contribution is 0.902. The lowest BCUT2D eigenvalue weighted by Gasteiger charge is -2.32. The first kappa shape index (κ1) is 21.1. The highest BCUT2D eigenvalue weighted by Gasteiger charge is 2.32. The van der Waals surface area contributed by atoms with Crippen LogP contribution < -0.4 is 14.7 Å². The summed E-state index contributed by atoms with van der Waals surface area (Å²) in [6.45, 7) is 0. The van der Waals surface area contributed by atoms with Crippen LogP contribution in [0.1, 0.15) is 16.7 Å². The SMILES string of the molecule is CN(C)c1ccc(C(S)(c2ccc(N(C)C)cc2)c2ccc(N(C)C)cc2)cc1. The Labute approximate surface area is 181 Å². The van der Waals surface area contributed by atoms with E-state index in [0.717, 1.165) is 16.7 Å². The molecule has 3 aromatic carbocycles. The lowest BCUT2D eigenvalue weighted by atomic mass is 9.83. The highest BCUT2D eigenvalue weighted by atomic mass is 32.1. The lowest BCUT2D eigenvalue weighted by Crippen LogP contribution is -2.23. The summed E-state index contributed by atoms with van der Waals surface area (Å²) in [6.07, 6.45) is 0. The fraction of sp³-hybridized carbons (Fsp3) is 0.280. The van der Waals surface area contributed by atoms with E-state index in [4.69, 9.17) is 12.6 Å². The van der Waals surface area contributed by atoms with E-state index >= 15 is 0 Å². The van der Waals surface area contributed by atoms with Gasteiger partial charge in [0.2, 0.25) is 0 Å². The zero-order valence-electron chi connectivity index (χ0n) is 18.2. The Morgan fingerprint density at radius 1 is 0.448 bits per heavy atom. The van der Waals surface area contributed by atoms with Crippen LogP contribution in [-0.4, -0.2) is 42.3 Å². The highest BCUT2D eigenvalue weighted by molar-refractivity contribution is 7.81. The number of hydrogen-bond donors (Lipinski definition) is 1. The van der Waals surface area contributed by atoms with Crippen LogP contribution in [0.3, 0.4) is 0 Å². The van der Waals surface area contributed by atoms with Crippen LogP contribution in [0, 0.1) is 0 Å². The van der Waals surface area contributed by atoms with Gasteiger partial charge in [0.1, 0.15) is 0 Å². The second-order valence-electron chi connectivity index (χ2n) is 8.03. The van der Waals surface area contributed by atoms with Crippen molar-refractivity contribution in [1.29, 1.82) is 0 Å². The summed E-state index contributed by atoms with van der Waals surface area (Å²) in [4.78, 5) is 6.34. The molecule has 29 heavy (non-hydrogen) atoms. The predicted molar refractivity (Wildman–Crippen MR) is 131 cm³/mol. The molecule has 0 atom stereocenters. The van der Waals surface area contributed by atoms with Crippen LogP contribution in [0.25, 0.3) is 0 Å². The van der Waals surface area contributed by atoms with Crippen molar-refractivity contribution in [2.75, 3.05) is 57.0 Å². The summed E-state index contributed by atoms with van der Waals surface area (Å²) in [7, 11) is 12.4. The first-order chi connectivity index (χ1) is 13.7. The molecule has 0 fully saturated rings. The van der Waals surface area contributed by atoms with Gasteiger partial charge in [-0.05, 0) is 53.1 Å². The molecule has 0 aliphatic rings. The van der Waals surface area contributed by atoms with Crippen molar-refractivity contribution in [3.63, 3.8) is 0 Å². The molecule has 0 unspecified atom stereocenters. The Bertz CT molecular complexity index is 802. The summed E-state index contributed by atoms with van der Waals surface area (Å²) in [5.74, 6) is 0. The molecule has 0 heterocycles. The third kappa shape index (κ3) is 4.23. The van der Waals surface area contributed by atoms with Crippen LogP contribution in [-0.2, 0) is 4.75 Å². The van der Waals surface area contributed by atoms with E-state index in [9.17, 15) is 0 Å². The van der Waals surface area contributed by atoms with Crippen molar-refractivity contribution in [1.82, 2.24) is 0 Å². The van der Waals surface area contributed by atoms with Gasteiger partial charge in [-0.25, -0.2) is 0 Å². The van der Waals surface area contributed by atoms with Crippen LogP contribution in [0.2, 0.25) is 0 Å². The molecule has 0 N–H and O–H groups in total. The molecule has 0 saturated carbocycles. The fourth-order valence-electron chi connectivity index (χ4n) is 3.50. The molecule has 152 valence electrons. The minimum Gasteiger partial charge on any atom is -0.378 e. The third-order valence-corrected chi connectivity index (χ3v) is 6.18. The fourth-order valence-corrected chi connectivity index (χ4v) is 3.95. The van der Waals surface area contributed by atoms with Crippen molar-refractivity contribution in [2.24, 2.45) is 0 Å². The first-order valence-electron chi connectivity index (χ1n) is 9.79. The van der Waals surface area contributed by atoms with Crippen molar-refractivity contribution in [3.05, 3.63) is 89.5 Å². The molecule has 0 saturated heterocycles. The van der Waals surface area contributed by atoms with Gasteiger partial charge in [-0.1, -0.05) is 36.4 Å². The number of hydrogen-bond acceptors (Lipinski definition) is 4. The van der Waals surface area contributed by atoms with Crippen molar-refractivity contribution in [3.8, 4) is 0 Å². The van der Waals surface area contributed by atoms with Crippen molar-refractivity contribution >= 4 is 29.7 Å². The zero-order chi connectivity index (χ0) is 21.2. The van der Waals surface area contributed by atoms with Gasteiger partial charge in [0.15, 0.2) is 0 Å². The van der Waals surface area contributed by atoms with E-state index in [1.807, 2.05) is 0 Å². The maximum atomic E-state index is 5.30. The van der Waals surface area contributed by atoms with Gasteiger partial charge in [-0.3, -0.25) is 0 Å². The Morgan fingerprint density at radius 3 is 0.828 bits per heavy atom. The van der Waals surface area contributed by atoms with E-state index in [2.05, 4.69) is 130 Å². The van der Waals surface area contributed by atoms with Crippen LogP contribution >= 0.6 is 12.6 Å². The van der Waals surface area contributed by atoms with E-state index in [1.54, 1.807) is 0 Å². The van der Waals surface area contributed by atoms with Gasteiger partial charge in [0.05, 0.1) is 4.75 Å². The van der Waals surface area contributed by atoms with Gasteiger partial charge in [-0.2, -0.15) is 12.6 Å². The minimum absolute atomic E-state index is 0.541. The van der Waals surface area contributed by atoms with Crippen LogP contribution in [0.15, 0.2) is 72.8 Å². The molecule has 3 aromatic rings. The average Bonchev–Trinajstić information content (AvgIpc) is 2.73. The molecule has 4 heteroatoms. The quantitative estimate of drug-likeness (QED) is 0.451. The second-order valence-corrected chi connectivity index (χ2v) is 8.71. The zero-order valence-corrected chi connectivity index (χ0v) is 19.1. The molecule has 0 spiro atoms. The van der Waals surface area contributed by atoms with Gasteiger partial charge >= 0.3 is 0 Å². The number of anilines is 3. The van der Waals surface area contributed by atoms with Crippen LogP contribution in [0.4, 0.5) is 17.1 Å². The maximum absolute atomic E-state index is 5.30. The molecule has 0 radical (unpaired) electrons. The molecule has 0 aromatic heterocycles. The summed E-state index contributed by atoms with van der Waals surface area (Å²) in [5, 5.41) is 0. The van der Waals surface area contributed by atoms with Gasteiger partial charge < -0.3 is 14.7 Å². The summed E-state index contributed by atoms with van der Waals surface area (Å²) in [5.41, 5.74) is 6.99. The maximum Gasteiger partial charge on any atom is 0.0878 e. The molecular weight excluding hydrogens is 374 g/mol. The number of nitrogens with zero attached hydrogens (tertiary/aromatic N) is 3. The first-order valence-corrected chi connectivity index (χ1v) is 10.2. The largest absolute Gasteiger partial charge is 0.378 e. The van der Waals surface area contributed by atoms with Gasteiger partial charge in [-0.15, -0.1) is 0 Å². The topological polar surface area (TPSA) is 9.72 Å². The van der Waals surface area contributed by atoms with E-state index in [-0.39, 0.29) is 0 Å². The second kappa shape index (κ2) is 8.42. The number of thiol groups is 1. The molecule has 0 amide bonds. The van der Waals surface area contributed by atoms with Crippen molar-refractivity contribution < 1.29 is 0 Å². The molecular formula is C25H31N3S. The summed E-state index contributed by atoms with van der Waals surface area (Å²) < 4.78 is -0.541. The molecule has 3 nitrogen and oxygen atoms in total. The Morgan fingerprint density at radius 2 is 0.655 bits per heavy atom. The van der Waals surface area contributed by atoms with Gasteiger partial charge in [0.25, 0.3) is 0 Å². The van der Waals surface area contributed by atoms with E-state index in [0.29, 0.717) is 0 Å². The van der Waals surface area contributed by atoms with Crippen LogP contribution in [0.5, 0.6) is 0 Å². The van der Waals surface area contributed by atoms with Gasteiger partial charge in [0, 0.05) is 59.3 Å². The Hall–Kier alpha value is -2.59. The normalized spacial score (nSPS) is 11.3.